The molecular formula is C25H31F2N3O2S. The highest BCUT2D eigenvalue weighted by Gasteiger charge is 2.56. The van der Waals surface area contributed by atoms with E-state index in [9.17, 15) is 13.6 Å². The van der Waals surface area contributed by atoms with Gasteiger partial charge in [0, 0.05) is 32.2 Å². The molecule has 178 valence electrons. The third-order valence-corrected chi connectivity index (χ3v) is 9.35. The molecule has 1 aromatic carbocycles. The van der Waals surface area contributed by atoms with Crippen molar-refractivity contribution in [3.8, 4) is 0 Å². The maximum absolute atomic E-state index is 14.4. The predicted octanol–water partition coefficient (Wildman–Crippen LogP) is 4.85. The van der Waals surface area contributed by atoms with E-state index >= 15 is 0 Å². The quantitative estimate of drug-likeness (QED) is 0.600. The molecule has 4 aliphatic carbocycles. The Labute approximate surface area is 197 Å². The standard InChI is InChI=1S/C25H31F2N3O2S/c26-19-11-20(27)22-21(12-19)33-24(28-22)30(3-1-2-29-4-6-32-7-5-29)23(31)25-13-16-8-17(14-25)10-18(9-16)15-25/h11-12,16-18H,1-10,13-15H2. The van der Waals surface area contributed by atoms with E-state index in [1.165, 1.54) is 36.7 Å². The van der Waals surface area contributed by atoms with E-state index in [-0.39, 0.29) is 16.8 Å². The van der Waals surface area contributed by atoms with Crippen LogP contribution in [-0.2, 0) is 9.53 Å². The minimum Gasteiger partial charge on any atom is -0.379 e. The van der Waals surface area contributed by atoms with E-state index in [4.69, 9.17) is 4.74 Å². The minimum absolute atomic E-state index is 0.160. The van der Waals surface area contributed by atoms with Gasteiger partial charge in [-0.05, 0) is 68.8 Å². The van der Waals surface area contributed by atoms with Crippen LogP contribution in [0.3, 0.4) is 0 Å². The highest BCUT2D eigenvalue weighted by molar-refractivity contribution is 7.22. The van der Waals surface area contributed by atoms with Crippen LogP contribution in [0.15, 0.2) is 12.1 Å². The molecule has 0 radical (unpaired) electrons. The third-order valence-electron chi connectivity index (χ3n) is 8.33. The lowest BCUT2D eigenvalue weighted by atomic mass is 9.49. The van der Waals surface area contributed by atoms with Gasteiger partial charge in [0.15, 0.2) is 10.9 Å². The van der Waals surface area contributed by atoms with Crippen LogP contribution in [0.5, 0.6) is 0 Å². The molecule has 8 heteroatoms. The molecule has 4 saturated carbocycles. The maximum Gasteiger partial charge on any atom is 0.235 e. The van der Waals surface area contributed by atoms with Crippen molar-refractivity contribution in [3.63, 3.8) is 0 Å². The molecular weight excluding hydrogens is 444 g/mol. The molecule has 1 amide bonds. The number of nitrogens with zero attached hydrogens (tertiary/aromatic N) is 3. The fourth-order valence-corrected chi connectivity index (χ4v) is 8.31. The lowest BCUT2D eigenvalue weighted by Crippen LogP contribution is -2.55. The van der Waals surface area contributed by atoms with E-state index < -0.39 is 11.6 Å². The molecule has 4 bridgehead atoms. The van der Waals surface area contributed by atoms with Gasteiger partial charge in [-0.2, -0.15) is 0 Å². The van der Waals surface area contributed by atoms with E-state index in [1.54, 1.807) is 0 Å². The molecule has 1 aliphatic heterocycles. The summed E-state index contributed by atoms with van der Waals surface area (Å²) in [6, 6.07) is 2.19. The number of rotatable bonds is 6. The van der Waals surface area contributed by atoms with Crippen LogP contribution in [-0.4, -0.2) is 55.2 Å². The Morgan fingerprint density at radius 2 is 1.79 bits per heavy atom. The highest BCUT2D eigenvalue weighted by atomic mass is 32.1. The summed E-state index contributed by atoms with van der Waals surface area (Å²) in [6.07, 6.45) is 7.58. The smallest absolute Gasteiger partial charge is 0.235 e. The largest absolute Gasteiger partial charge is 0.379 e. The number of fused-ring (bicyclic) bond motifs is 1. The van der Waals surface area contributed by atoms with Gasteiger partial charge in [0.2, 0.25) is 5.91 Å². The van der Waals surface area contributed by atoms with E-state index in [0.717, 1.165) is 64.6 Å². The van der Waals surface area contributed by atoms with E-state index in [2.05, 4.69) is 9.88 Å². The van der Waals surface area contributed by atoms with Gasteiger partial charge in [0.05, 0.1) is 23.3 Å². The number of hydrogen-bond donors (Lipinski definition) is 0. The SMILES string of the molecule is O=C(N(CCCN1CCOCC1)c1nc2c(F)cc(F)cc2s1)C12CC3CC(CC(C3)C1)C2. The molecule has 1 saturated heterocycles. The first-order valence-corrected chi connectivity index (χ1v) is 13.2. The lowest BCUT2D eigenvalue weighted by Gasteiger charge is -2.56. The molecule has 0 atom stereocenters. The lowest BCUT2D eigenvalue weighted by molar-refractivity contribution is -0.143. The number of ether oxygens (including phenoxy) is 1. The number of carbonyl (C=O) groups excluding carboxylic acids is 1. The fraction of sp³-hybridized carbons (Fsp3) is 0.680. The van der Waals surface area contributed by atoms with Gasteiger partial charge in [0.1, 0.15) is 11.3 Å². The molecule has 5 fully saturated rings. The van der Waals surface area contributed by atoms with Gasteiger partial charge >= 0.3 is 0 Å². The summed E-state index contributed by atoms with van der Waals surface area (Å²) in [5.74, 6) is 0.889. The van der Waals surface area contributed by atoms with Crippen molar-refractivity contribution >= 4 is 32.6 Å². The topological polar surface area (TPSA) is 45.7 Å². The zero-order chi connectivity index (χ0) is 22.6. The minimum atomic E-state index is -0.664. The Kier molecular flexibility index (Phi) is 5.66. The first-order valence-electron chi connectivity index (χ1n) is 12.4. The normalized spacial score (nSPS) is 31.4. The number of hydrogen-bond acceptors (Lipinski definition) is 5. The highest BCUT2D eigenvalue weighted by Crippen LogP contribution is 2.60. The molecule has 2 heterocycles. The van der Waals surface area contributed by atoms with Crippen LogP contribution in [0.2, 0.25) is 0 Å². The number of morpholine rings is 1. The summed E-state index contributed by atoms with van der Waals surface area (Å²) in [7, 11) is 0. The summed E-state index contributed by atoms with van der Waals surface area (Å²) in [6.45, 7) is 4.77. The maximum atomic E-state index is 14.4. The van der Waals surface area contributed by atoms with Crippen molar-refractivity contribution in [2.45, 2.75) is 44.9 Å². The monoisotopic (exact) mass is 475 g/mol. The Morgan fingerprint density at radius 1 is 1.12 bits per heavy atom. The van der Waals surface area contributed by atoms with Crippen LogP contribution in [0.1, 0.15) is 44.9 Å². The predicted molar refractivity (Wildman–Crippen MR) is 124 cm³/mol. The first kappa shape index (κ1) is 21.9. The zero-order valence-electron chi connectivity index (χ0n) is 18.9. The summed E-state index contributed by atoms with van der Waals surface area (Å²) in [4.78, 5) is 22.9. The Balaban J connectivity index is 1.29. The van der Waals surface area contributed by atoms with Crippen molar-refractivity contribution in [3.05, 3.63) is 23.8 Å². The molecule has 0 unspecified atom stereocenters. The molecule has 5 aliphatic rings. The second-order valence-corrected chi connectivity index (χ2v) is 11.7. The van der Waals surface area contributed by atoms with Crippen molar-refractivity contribution in [1.82, 2.24) is 9.88 Å². The van der Waals surface area contributed by atoms with Crippen LogP contribution in [0.4, 0.5) is 13.9 Å². The van der Waals surface area contributed by atoms with Crippen LogP contribution in [0, 0.1) is 34.8 Å². The molecule has 7 rings (SSSR count). The van der Waals surface area contributed by atoms with E-state index in [0.29, 0.717) is 34.1 Å². The van der Waals surface area contributed by atoms with Crippen LogP contribution in [0.25, 0.3) is 10.2 Å². The second-order valence-electron chi connectivity index (χ2n) is 10.7. The molecule has 0 N–H and O–H groups in total. The van der Waals surface area contributed by atoms with Crippen molar-refractivity contribution in [2.24, 2.45) is 23.2 Å². The fourth-order valence-electron chi connectivity index (χ4n) is 7.28. The number of anilines is 1. The molecule has 1 aromatic heterocycles. The van der Waals surface area contributed by atoms with Crippen molar-refractivity contribution in [2.75, 3.05) is 44.3 Å². The first-order chi connectivity index (χ1) is 16.0. The summed E-state index contributed by atoms with van der Waals surface area (Å²) in [5.41, 5.74) is -0.136. The number of benzene rings is 1. The van der Waals surface area contributed by atoms with Gasteiger partial charge in [-0.3, -0.25) is 14.6 Å². The van der Waals surface area contributed by atoms with Crippen molar-refractivity contribution in [1.29, 1.82) is 0 Å². The Bertz CT molecular complexity index is 1020. The van der Waals surface area contributed by atoms with E-state index in [1.807, 2.05) is 4.90 Å². The third kappa shape index (κ3) is 4.08. The molecule has 5 nitrogen and oxygen atoms in total. The molecule has 0 spiro atoms. The number of aromatic nitrogens is 1. The van der Waals surface area contributed by atoms with Crippen molar-refractivity contribution < 1.29 is 18.3 Å². The average Bonchev–Trinajstić information content (AvgIpc) is 3.20. The molecule has 2 aromatic rings. The van der Waals surface area contributed by atoms with Gasteiger partial charge in [-0.25, -0.2) is 13.8 Å². The van der Waals surface area contributed by atoms with Gasteiger partial charge in [0.25, 0.3) is 0 Å². The number of carbonyl (C=O) groups is 1. The van der Waals surface area contributed by atoms with Gasteiger partial charge < -0.3 is 4.74 Å². The summed E-state index contributed by atoms with van der Waals surface area (Å²) >= 11 is 1.23. The number of thiazole rings is 1. The Hall–Kier alpha value is -1.64. The summed E-state index contributed by atoms with van der Waals surface area (Å²) < 4.78 is 34.1. The summed E-state index contributed by atoms with van der Waals surface area (Å²) in [5, 5.41) is 0.511. The average molecular weight is 476 g/mol. The number of amides is 1. The van der Waals surface area contributed by atoms with Gasteiger partial charge in [-0.1, -0.05) is 11.3 Å². The van der Waals surface area contributed by atoms with Crippen LogP contribution >= 0.6 is 11.3 Å². The van der Waals surface area contributed by atoms with Crippen LogP contribution < -0.4 is 4.90 Å². The second kappa shape index (κ2) is 8.54. The number of halogens is 2. The van der Waals surface area contributed by atoms with Gasteiger partial charge in [-0.15, -0.1) is 0 Å². The zero-order valence-corrected chi connectivity index (χ0v) is 19.7. The molecule has 33 heavy (non-hydrogen) atoms. The Morgan fingerprint density at radius 3 is 2.45 bits per heavy atom.